The van der Waals surface area contributed by atoms with Crippen molar-refractivity contribution in [1.29, 1.82) is 0 Å². The standard InChI is InChI=1S/C14H17N3O2/c1-14-8-2-3-11(14)16-13(19)17(12(14)18)10-6-4-9(15)5-7-10/h4-7,11H,2-3,8,15H2,1H3,(H,16,19). The van der Waals surface area contributed by atoms with Gasteiger partial charge in [-0.25, -0.2) is 9.69 Å². The number of anilines is 2. The largest absolute Gasteiger partial charge is 0.399 e. The third kappa shape index (κ3) is 1.69. The van der Waals surface area contributed by atoms with Gasteiger partial charge >= 0.3 is 6.03 Å². The van der Waals surface area contributed by atoms with Gasteiger partial charge in [0.05, 0.1) is 11.1 Å². The maximum absolute atomic E-state index is 12.7. The summed E-state index contributed by atoms with van der Waals surface area (Å²) in [5.41, 5.74) is 6.34. The van der Waals surface area contributed by atoms with Crippen LogP contribution in [0.1, 0.15) is 26.2 Å². The number of nitrogen functional groups attached to an aromatic ring is 1. The number of carbonyl (C=O) groups is 2. The van der Waals surface area contributed by atoms with Crippen molar-refractivity contribution in [3.05, 3.63) is 24.3 Å². The molecule has 3 rings (SSSR count). The van der Waals surface area contributed by atoms with E-state index in [1.54, 1.807) is 24.3 Å². The van der Waals surface area contributed by atoms with Gasteiger partial charge in [-0.1, -0.05) is 6.42 Å². The molecule has 3 N–H and O–H groups in total. The number of benzene rings is 1. The fourth-order valence-corrected chi connectivity index (χ4v) is 3.07. The number of hydrogen-bond acceptors (Lipinski definition) is 3. The van der Waals surface area contributed by atoms with Gasteiger partial charge in [-0.05, 0) is 44.0 Å². The molecule has 19 heavy (non-hydrogen) atoms. The van der Waals surface area contributed by atoms with Crippen molar-refractivity contribution < 1.29 is 9.59 Å². The molecule has 5 nitrogen and oxygen atoms in total. The molecule has 0 aromatic heterocycles. The first-order valence-electron chi connectivity index (χ1n) is 6.53. The lowest BCUT2D eigenvalue weighted by atomic mass is 9.81. The van der Waals surface area contributed by atoms with Crippen LogP contribution in [-0.4, -0.2) is 18.0 Å². The second kappa shape index (κ2) is 3.98. The summed E-state index contributed by atoms with van der Waals surface area (Å²) >= 11 is 0. The average molecular weight is 259 g/mol. The van der Waals surface area contributed by atoms with Crippen LogP contribution in [0, 0.1) is 5.41 Å². The number of nitrogens with two attached hydrogens (primary N) is 1. The molecule has 2 unspecified atom stereocenters. The molecule has 3 amide bonds. The number of fused-ring (bicyclic) bond motifs is 1. The zero-order chi connectivity index (χ0) is 13.6. The van der Waals surface area contributed by atoms with Gasteiger partial charge in [-0.3, -0.25) is 4.79 Å². The minimum Gasteiger partial charge on any atom is -0.399 e. The summed E-state index contributed by atoms with van der Waals surface area (Å²) in [5, 5.41) is 2.95. The summed E-state index contributed by atoms with van der Waals surface area (Å²) in [7, 11) is 0. The number of rotatable bonds is 1. The predicted octanol–water partition coefficient (Wildman–Crippen LogP) is 1.88. The summed E-state index contributed by atoms with van der Waals surface area (Å²) in [5.74, 6) is -0.108. The lowest BCUT2D eigenvalue weighted by molar-refractivity contribution is -0.128. The van der Waals surface area contributed by atoms with Crippen molar-refractivity contribution in [2.75, 3.05) is 10.6 Å². The molecule has 2 aliphatic rings. The van der Waals surface area contributed by atoms with Crippen LogP contribution in [0.3, 0.4) is 0 Å². The number of amides is 3. The molecule has 0 spiro atoms. The Morgan fingerprint density at radius 1 is 1.32 bits per heavy atom. The molecule has 1 aromatic carbocycles. The highest BCUT2D eigenvalue weighted by Gasteiger charge is 2.53. The Kier molecular flexibility index (Phi) is 2.52. The van der Waals surface area contributed by atoms with E-state index in [1.807, 2.05) is 6.92 Å². The molecule has 0 bridgehead atoms. The first-order valence-corrected chi connectivity index (χ1v) is 6.53. The van der Waals surface area contributed by atoms with Gasteiger partial charge in [0.25, 0.3) is 0 Å². The van der Waals surface area contributed by atoms with Gasteiger partial charge in [0.15, 0.2) is 0 Å². The first-order chi connectivity index (χ1) is 9.02. The minimum absolute atomic E-state index is 0.0301. The lowest BCUT2D eigenvalue weighted by Gasteiger charge is -2.40. The van der Waals surface area contributed by atoms with E-state index >= 15 is 0 Å². The number of urea groups is 1. The smallest absolute Gasteiger partial charge is 0.329 e. The van der Waals surface area contributed by atoms with Crippen LogP contribution < -0.4 is 16.0 Å². The second-order valence-corrected chi connectivity index (χ2v) is 5.54. The molecule has 1 aromatic rings. The Labute approximate surface area is 111 Å². The monoisotopic (exact) mass is 259 g/mol. The molecule has 0 radical (unpaired) electrons. The molecule has 1 heterocycles. The Morgan fingerprint density at radius 3 is 2.68 bits per heavy atom. The highest BCUT2D eigenvalue weighted by molar-refractivity contribution is 6.18. The topological polar surface area (TPSA) is 75.4 Å². The quantitative estimate of drug-likeness (QED) is 0.756. The maximum atomic E-state index is 12.7. The van der Waals surface area contributed by atoms with E-state index in [0.29, 0.717) is 11.4 Å². The van der Waals surface area contributed by atoms with E-state index in [9.17, 15) is 9.59 Å². The predicted molar refractivity (Wildman–Crippen MR) is 72.6 cm³/mol. The molecule has 1 saturated carbocycles. The van der Waals surface area contributed by atoms with E-state index in [1.165, 1.54) is 4.90 Å². The number of nitrogens with one attached hydrogen (secondary N) is 1. The fraction of sp³-hybridized carbons (Fsp3) is 0.429. The number of nitrogens with zero attached hydrogens (tertiary/aromatic N) is 1. The Balaban J connectivity index is 1.99. The van der Waals surface area contributed by atoms with Gasteiger partial charge in [-0.15, -0.1) is 0 Å². The fourth-order valence-electron chi connectivity index (χ4n) is 3.07. The number of carbonyl (C=O) groups excluding carboxylic acids is 2. The maximum Gasteiger partial charge on any atom is 0.329 e. The van der Waals surface area contributed by atoms with Gasteiger partial charge < -0.3 is 11.1 Å². The Hall–Kier alpha value is -2.04. The Morgan fingerprint density at radius 2 is 2.00 bits per heavy atom. The minimum atomic E-state index is -0.477. The van der Waals surface area contributed by atoms with Crippen LogP contribution in [0.4, 0.5) is 16.2 Å². The van der Waals surface area contributed by atoms with Gasteiger partial charge in [0.1, 0.15) is 0 Å². The van der Waals surface area contributed by atoms with E-state index < -0.39 is 5.41 Å². The summed E-state index contributed by atoms with van der Waals surface area (Å²) in [4.78, 5) is 26.0. The van der Waals surface area contributed by atoms with Crippen molar-refractivity contribution in [3.63, 3.8) is 0 Å². The summed E-state index contributed by atoms with van der Waals surface area (Å²) < 4.78 is 0. The van der Waals surface area contributed by atoms with Crippen molar-refractivity contribution in [3.8, 4) is 0 Å². The second-order valence-electron chi connectivity index (χ2n) is 5.54. The normalized spacial score (nSPS) is 30.2. The van der Waals surface area contributed by atoms with Crippen LogP contribution in [-0.2, 0) is 4.79 Å². The molecular formula is C14H17N3O2. The van der Waals surface area contributed by atoms with E-state index in [-0.39, 0.29) is 18.0 Å². The van der Waals surface area contributed by atoms with Crippen molar-refractivity contribution >= 4 is 23.3 Å². The molecule has 100 valence electrons. The first kappa shape index (κ1) is 12.0. The third-order valence-electron chi connectivity index (χ3n) is 4.30. The van der Waals surface area contributed by atoms with Crippen LogP contribution in [0.25, 0.3) is 0 Å². The summed E-state index contributed by atoms with van der Waals surface area (Å²) in [6, 6.07) is 6.42. The molecule has 2 atom stereocenters. The lowest BCUT2D eigenvalue weighted by Crippen LogP contribution is -2.63. The molecule has 1 aliphatic heterocycles. The highest BCUT2D eigenvalue weighted by Crippen LogP contribution is 2.42. The summed E-state index contributed by atoms with van der Waals surface area (Å²) in [6.45, 7) is 1.94. The van der Waals surface area contributed by atoms with E-state index in [4.69, 9.17) is 5.73 Å². The van der Waals surface area contributed by atoms with Gasteiger partial charge in [-0.2, -0.15) is 0 Å². The SMILES string of the molecule is CC12CCCC1NC(=O)N(c1ccc(N)cc1)C2=O. The van der Waals surface area contributed by atoms with Crippen LogP contribution in [0.2, 0.25) is 0 Å². The van der Waals surface area contributed by atoms with Crippen molar-refractivity contribution in [2.24, 2.45) is 5.41 Å². The molecule has 2 fully saturated rings. The zero-order valence-electron chi connectivity index (χ0n) is 10.8. The van der Waals surface area contributed by atoms with Crippen LogP contribution >= 0.6 is 0 Å². The highest BCUT2D eigenvalue weighted by atomic mass is 16.2. The Bertz CT molecular complexity index is 540. The van der Waals surface area contributed by atoms with Gasteiger partial charge in [0, 0.05) is 11.7 Å². The van der Waals surface area contributed by atoms with Crippen LogP contribution in [0.5, 0.6) is 0 Å². The zero-order valence-corrected chi connectivity index (χ0v) is 10.8. The van der Waals surface area contributed by atoms with Crippen molar-refractivity contribution in [2.45, 2.75) is 32.2 Å². The molecule has 1 saturated heterocycles. The molecule has 5 heteroatoms. The van der Waals surface area contributed by atoms with E-state index in [2.05, 4.69) is 5.32 Å². The number of hydrogen-bond donors (Lipinski definition) is 2. The van der Waals surface area contributed by atoms with E-state index in [0.717, 1.165) is 19.3 Å². The summed E-state index contributed by atoms with van der Waals surface area (Å²) in [6.07, 6.45) is 2.68. The number of imide groups is 1. The van der Waals surface area contributed by atoms with Gasteiger partial charge in [0.2, 0.25) is 5.91 Å². The third-order valence-corrected chi connectivity index (χ3v) is 4.30. The van der Waals surface area contributed by atoms with Crippen LogP contribution in [0.15, 0.2) is 24.3 Å². The average Bonchev–Trinajstić information content (AvgIpc) is 2.75. The van der Waals surface area contributed by atoms with Crippen molar-refractivity contribution in [1.82, 2.24) is 5.32 Å². The molecule has 1 aliphatic carbocycles. The molecular weight excluding hydrogens is 242 g/mol.